The maximum atomic E-state index is 5.92. The third kappa shape index (κ3) is 3.18. The number of nitrogens with two attached hydrogens (primary N) is 1. The van der Waals surface area contributed by atoms with Crippen LogP contribution in [0.25, 0.3) is 0 Å². The lowest BCUT2D eigenvalue weighted by molar-refractivity contribution is 0.0400. The number of aryl methyl sites for hydroxylation is 1. The van der Waals surface area contributed by atoms with Gasteiger partial charge in [-0.05, 0) is 19.8 Å². The number of anilines is 2. The fourth-order valence-corrected chi connectivity index (χ4v) is 4.11. The number of nitrogens with zero attached hydrogens (tertiary/aromatic N) is 3. The van der Waals surface area contributed by atoms with Crippen molar-refractivity contribution < 1.29 is 4.74 Å². The highest BCUT2D eigenvalue weighted by Crippen LogP contribution is 2.41. The average molecular weight is 328 g/mol. The third-order valence-corrected chi connectivity index (χ3v) is 5.34. The van der Waals surface area contributed by atoms with Gasteiger partial charge in [0.15, 0.2) is 0 Å². The van der Waals surface area contributed by atoms with Crippen LogP contribution in [0.3, 0.4) is 0 Å². The summed E-state index contributed by atoms with van der Waals surface area (Å²) in [6.07, 6.45) is 13.5. The summed E-state index contributed by atoms with van der Waals surface area (Å²) in [5.74, 6) is 1.28. The van der Waals surface area contributed by atoms with Gasteiger partial charge in [0.25, 0.3) is 0 Å². The van der Waals surface area contributed by atoms with Gasteiger partial charge in [-0.15, -0.1) is 0 Å². The summed E-state index contributed by atoms with van der Waals surface area (Å²) in [4.78, 5) is 11.2. The molecule has 1 saturated heterocycles. The molecule has 1 aliphatic carbocycles. The summed E-state index contributed by atoms with van der Waals surface area (Å²) in [6, 6.07) is 2.36. The van der Waals surface area contributed by atoms with E-state index in [0.29, 0.717) is 12.0 Å². The molecule has 5 nitrogen and oxygen atoms in total. The van der Waals surface area contributed by atoms with E-state index in [2.05, 4.69) is 46.1 Å². The number of rotatable bonds is 3. The number of allylic oxidation sites excluding steroid dienone is 2. The van der Waals surface area contributed by atoms with Crippen molar-refractivity contribution in [2.45, 2.75) is 51.7 Å². The molecule has 1 aliphatic heterocycles. The van der Waals surface area contributed by atoms with Crippen LogP contribution in [0, 0.1) is 12.3 Å². The lowest BCUT2D eigenvalue weighted by Crippen LogP contribution is -2.52. The van der Waals surface area contributed by atoms with Crippen LogP contribution in [0.4, 0.5) is 11.8 Å². The number of nitrogen functional groups attached to an aromatic ring is 1. The van der Waals surface area contributed by atoms with E-state index < -0.39 is 0 Å². The molecule has 0 aromatic carbocycles. The molecule has 0 radical (unpaired) electrons. The van der Waals surface area contributed by atoms with Gasteiger partial charge < -0.3 is 15.4 Å². The number of hydrogen-bond donors (Lipinski definition) is 1. The molecular weight excluding hydrogens is 300 g/mol. The summed E-state index contributed by atoms with van der Waals surface area (Å²) < 4.78 is 5.81. The number of methoxy groups -OCH3 is 1. The molecule has 24 heavy (non-hydrogen) atoms. The molecule has 2 aliphatic rings. The summed E-state index contributed by atoms with van der Waals surface area (Å²) in [7, 11) is 1.79. The Kier molecular flexibility index (Phi) is 4.90. The lowest BCUT2D eigenvalue weighted by atomic mass is 9.72. The Balaban J connectivity index is 2.01. The van der Waals surface area contributed by atoms with Crippen LogP contribution in [0.2, 0.25) is 0 Å². The summed E-state index contributed by atoms with van der Waals surface area (Å²) in [5.41, 5.74) is 6.73. The molecule has 3 rings (SSSR count). The first-order valence-electron chi connectivity index (χ1n) is 8.81. The van der Waals surface area contributed by atoms with Gasteiger partial charge >= 0.3 is 0 Å². The van der Waals surface area contributed by atoms with E-state index in [1.54, 1.807) is 7.11 Å². The van der Waals surface area contributed by atoms with Crippen molar-refractivity contribution in [3.8, 4) is 0 Å². The highest BCUT2D eigenvalue weighted by atomic mass is 16.5. The van der Waals surface area contributed by atoms with Crippen molar-refractivity contribution in [1.82, 2.24) is 9.97 Å². The van der Waals surface area contributed by atoms with Crippen molar-refractivity contribution in [3.05, 3.63) is 36.1 Å². The highest BCUT2D eigenvalue weighted by molar-refractivity contribution is 5.46. The fourth-order valence-electron chi connectivity index (χ4n) is 4.11. The summed E-state index contributed by atoms with van der Waals surface area (Å²) >= 11 is 0. The normalized spacial score (nSPS) is 30.4. The van der Waals surface area contributed by atoms with E-state index in [4.69, 9.17) is 10.5 Å². The van der Waals surface area contributed by atoms with Gasteiger partial charge in [0, 0.05) is 36.9 Å². The molecule has 2 unspecified atom stereocenters. The van der Waals surface area contributed by atoms with E-state index in [9.17, 15) is 0 Å². The first-order chi connectivity index (χ1) is 11.5. The van der Waals surface area contributed by atoms with E-state index in [0.717, 1.165) is 24.5 Å². The molecule has 0 bridgehead atoms. The maximum Gasteiger partial charge on any atom is 0.222 e. The molecule has 5 heteroatoms. The van der Waals surface area contributed by atoms with E-state index in [1.165, 1.54) is 19.3 Å². The van der Waals surface area contributed by atoms with E-state index in [1.807, 2.05) is 13.0 Å². The first-order valence-corrected chi connectivity index (χ1v) is 8.81. The predicted octanol–water partition coefficient (Wildman–Crippen LogP) is 3.26. The maximum absolute atomic E-state index is 5.92. The largest absolute Gasteiger partial charge is 0.376 e. The fraction of sp³-hybridized carbons (Fsp3) is 0.579. The highest BCUT2D eigenvalue weighted by Gasteiger charge is 2.43. The van der Waals surface area contributed by atoms with Gasteiger partial charge in [0.2, 0.25) is 5.95 Å². The number of aromatic nitrogens is 2. The Hall–Kier alpha value is -1.88. The molecule has 0 spiro atoms. The average Bonchev–Trinajstić information content (AvgIpc) is 2.80. The quantitative estimate of drug-likeness (QED) is 0.922. The van der Waals surface area contributed by atoms with Crippen LogP contribution < -0.4 is 10.6 Å². The Labute approximate surface area is 144 Å². The predicted molar refractivity (Wildman–Crippen MR) is 98.0 cm³/mol. The minimum absolute atomic E-state index is 0.0633. The van der Waals surface area contributed by atoms with E-state index >= 15 is 0 Å². The molecule has 2 heterocycles. The number of ether oxygens (including phenoxy) is 1. The van der Waals surface area contributed by atoms with Crippen molar-refractivity contribution in [2.24, 2.45) is 5.41 Å². The zero-order valence-electron chi connectivity index (χ0n) is 14.9. The second kappa shape index (κ2) is 6.93. The third-order valence-electron chi connectivity index (χ3n) is 5.34. The zero-order chi connectivity index (χ0) is 17.2. The number of hydrogen-bond acceptors (Lipinski definition) is 5. The van der Waals surface area contributed by atoms with Gasteiger partial charge in [0.1, 0.15) is 5.82 Å². The second-order valence-electron chi connectivity index (χ2n) is 7.05. The Bertz CT molecular complexity index is 622. The smallest absolute Gasteiger partial charge is 0.222 e. The van der Waals surface area contributed by atoms with Gasteiger partial charge in [-0.3, -0.25) is 0 Å². The molecule has 3 atom stereocenters. The molecule has 0 saturated carbocycles. The van der Waals surface area contributed by atoms with Gasteiger partial charge in [-0.25, -0.2) is 4.98 Å². The Morgan fingerprint density at radius 3 is 2.83 bits per heavy atom. The lowest BCUT2D eigenvalue weighted by Gasteiger charge is -2.46. The SMILES string of the molecule is COC1C=CC=CC1(C)[C@@H]1CCCCCN1c1cc(C)nc(N)n1. The Morgan fingerprint density at radius 2 is 2.08 bits per heavy atom. The summed E-state index contributed by atoms with van der Waals surface area (Å²) in [6.45, 7) is 5.25. The topological polar surface area (TPSA) is 64.3 Å². The van der Waals surface area contributed by atoms with Gasteiger partial charge in [-0.1, -0.05) is 44.1 Å². The van der Waals surface area contributed by atoms with Crippen molar-refractivity contribution in [2.75, 3.05) is 24.3 Å². The molecule has 1 aromatic heterocycles. The van der Waals surface area contributed by atoms with Crippen LogP contribution in [-0.2, 0) is 4.74 Å². The van der Waals surface area contributed by atoms with Crippen molar-refractivity contribution in [3.63, 3.8) is 0 Å². The standard InChI is InChI=1S/C19H28N4O/c1-14-13-17(22-18(20)21-14)23-12-8-4-5-9-15(23)19(2)11-7-6-10-16(19)24-3/h6-7,10-11,13,15-16H,4-5,8-9,12H2,1-3H3,(H2,20,21,22)/t15-,16?,19?/m0/s1. The molecule has 1 aromatic rings. The van der Waals surface area contributed by atoms with Crippen molar-refractivity contribution in [1.29, 1.82) is 0 Å². The van der Waals surface area contributed by atoms with E-state index in [-0.39, 0.29) is 11.5 Å². The van der Waals surface area contributed by atoms with Gasteiger partial charge in [0.05, 0.1) is 6.10 Å². The van der Waals surface area contributed by atoms with Crippen molar-refractivity contribution >= 4 is 11.8 Å². The summed E-state index contributed by atoms with van der Waals surface area (Å²) in [5, 5.41) is 0. The monoisotopic (exact) mass is 328 g/mol. The minimum atomic E-state index is -0.0958. The van der Waals surface area contributed by atoms with Crippen LogP contribution in [0.1, 0.15) is 38.3 Å². The molecule has 1 fully saturated rings. The minimum Gasteiger partial charge on any atom is -0.376 e. The van der Waals surface area contributed by atoms with Crippen LogP contribution in [0.5, 0.6) is 0 Å². The molecule has 130 valence electrons. The zero-order valence-corrected chi connectivity index (χ0v) is 14.9. The Morgan fingerprint density at radius 1 is 1.25 bits per heavy atom. The van der Waals surface area contributed by atoms with Crippen LogP contribution in [0.15, 0.2) is 30.4 Å². The van der Waals surface area contributed by atoms with Crippen LogP contribution in [-0.4, -0.2) is 35.8 Å². The molecule has 2 N–H and O–H groups in total. The van der Waals surface area contributed by atoms with Gasteiger partial charge in [-0.2, -0.15) is 4.98 Å². The first kappa shape index (κ1) is 17.0. The second-order valence-corrected chi connectivity index (χ2v) is 7.05. The van der Waals surface area contributed by atoms with Crippen LogP contribution >= 0.6 is 0 Å². The molecule has 0 amide bonds. The molecular formula is C19H28N4O.